The van der Waals surface area contributed by atoms with Gasteiger partial charge < -0.3 is 10.5 Å². The van der Waals surface area contributed by atoms with Crippen molar-refractivity contribution in [1.82, 2.24) is 4.90 Å². The fourth-order valence-corrected chi connectivity index (χ4v) is 2.06. The van der Waals surface area contributed by atoms with Crippen molar-refractivity contribution >= 4 is 5.71 Å². The molecular weight excluding hydrogens is 202 g/mol. The van der Waals surface area contributed by atoms with E-state index in [9.17, 15) is 0 Å². The van der Waals surface area contributed by atoms with Crippen molar-refractivity contribution in [2.75, 3.05) is 39.9 Å². The van der Waals surface area contributed by atoms with E-state index in [1.54, 1.807) is 6.20 Å². The average molecular weight is 225 g/mol. The molecule has 2 aliphatic rings. The van der Waals surface area contributed by atoms with E-state index in [1.165, 1.54) is 0 Å². The molecule has 2 heterocycles. The molecule has 1 spiro atoms. The van der Waals surface area contributed by atoms with Gasteiger partial charge in [-0.1, -0.05) is 13.8 Å². The fourth-order valence-electron chi connectivity index (χ4n) is 2.06. The third kappa shape index (κ3) is 3.06. The monoisotopic (exact) mass is 225 g/mol. The number of hydrogen-bond donors (Lipinski definition) is 1. The Morgan fingerprint density at radius 1 is 1.44 bits per heavy atom. The first-order valence-electron chi connectivity index (χ1n) is 5.92. The lowest BCUT2D eigenvalue weighted by Crippen LogP contribution is -2.51. The van der Waals surface area contributed by atoms with Crippen LogP contribution in [0.4, 0.5) is 0 Å². The summed E-state index contributed by atoms with van der Waals surface area (Å²) >= 11 is 0. The molecule has 92 valence electrons. The lowest BCUT2D eigenvalue weighted by Gasteiger charge is -2.41. The van der Waals surface area contributed by atoms with Crippen LogP contribution in [0.5, 0.6) is 0 Å². The molecule has 0 bridgehead atoms. The van der Waals surface area contributed by atoms with Gasteiger partial charge in [-0.25, -0.2) is 0 Å². The van der Waals surface area contributed by atoms with Gasteiger partial charge in [-0.2, -0.15) is 0 Å². The van der Waals surface area contributed by atoms with Gasteiger partial charge in [0.05, 0.1) is 25.5 Å². The van der Waals surface area contributed by atoms with Crippen LogP contribution in [0.2, 0.25) is 0 Å². The highest BCUT2D eigenvalue weighted by Crippen LogP contribution is 2.30. The standard InChI is InChI=1S/C10H17N3O.C2H6/c1-13-4-9(2-3-11)12-5-10(6-13)7-14-8-10;1-2/h2-3H,4-8,11H2,1H3;1-2H3/b3-2-;. The van der Waals surface area contributed by atoms with Crippen LogP contribution in [-0.2, 0) is 4.74 Å². The molecule has 1 fully saturated rings. The zero-order chi connectivity index (χ0) is 12.0. The molecule has 0 aromatic carbocycles. The molecule has 4 nitrogen and oxygen atoms in total. The molecule has 1 saturated heterocycles. The average Bonchev–Trinajstić information content (AvgIpc) is 2.40. The first-order valence-corrected chi connectivity index (χ1v) is 5.92. The van der Waals surface area contributed by atoms with Crippen LogP contribution in [0.15, 0.2) is 17.3 Å². The van der Waals surface area contributed by atoms with E-state index in [0.717, 1.165) is 38.6 Å². The van der Waals surface area contributed by atoms with Gasteiger partial charge in [-0.15, -0.1) is 0 Å². The van der Waals surface area contributed by atoms with Crippen LogP contribution in [0, 0.1) is 5.41 Å². The molecule has 0 aliphatic carbocycles. The lowest BCUT2D eigenvalue weighted by atomic mass is 9.86. The molecule has 0 radical (unpaired) electrons. The van der Waals surface area contributed by atoms with Crippen molar-refractivity contribution in [3.8, 4) is 0 Å². The second-order valence-corrected chi connectivity index (χ2v) is 4.33. The van der Waals surface area contributed by atoms with Gasteiger partial charge in [0.15, 0.2) is 0 Å². The number of rotatable bonds is 1. The molecule has 0 unspecified atom stereocenters. The summed E-state index contributed by atoms with van der Waals surface area (Å²) in [6.07, 6.45) is 3.44. The predicted molar refractivity (Wildman–Crippen MR) is 67.7 cm³/mol. The summed E-state index contributed by atoms with van der Waals surface area (Å²) in [5, 5.41) is 0. The summed E-state index contributed by atoms with van der Waals surface area (Å²) in [6.45, 7) is 8.52. The molecule has 0 aromatic heterocycles. The van der Waals surface area contributed by atoms with E-state index in [2.05, 4.69) is 16.9 Å². The topological polar surface area (TPSA) is 50.8 Å². The Morgan fingerprint density at radius 3 is 2.62 bits per heavy atom. The molecule has 16 heavy (non-hydrogen) atoms. The Morgan fingerprint density at radius 2 is 2.12 bits per heavy atom. The summed E-state index contributed by atoms with van der Waals surface area (Å²) < 4.78 is 5.28. The second-order valence-electron chi connectivity index (χ2n) is 4.33. The van der Waals surface area contributed by atoms with E-state index >= 15 is 0 Å². The number of ether oxygens (including phenoxy) is 1. The first kappa shape index (κ1) is 13.2. The lowest BCUT2D eigenvalue weighted by molar-refractivity contribution is -0.115. The minimum atomic E-state index is 0.277. The maximum absolute atomic E-state index is 5.37. The fraction of sp³-hybridized carbons (Fsp3) is 0.750. The van der Waals surface area contributed by atoms with Crippen molar-refractivity contribution < 1.29 is 4.74 Å². The quantitative estimate of drug-likeness (QED) is 0.721. The first-order chi connectivity index (χ1) is 7.74. The Hall–Kier alpha value is -0.870. The maximum Gasteiger partial charge on any atom is 0.0575 e. The molecule has 2 rings (SSSR count). The third-order valence-electron chi connectivity index (χ3n) is 2.76. The number of nitrogens with two attached hydrogens (primary N) is 1. The van der Waals surface area contributed by atoms with Crippen LogP contribution in [-0.4, -0.2) is 50.5 Å². The van der Waals surface area contributed by atoms with Crippen LogP contribution >= 0.6 is 0 Å². The SMILES string of the molecule is CC.CN1CC(/C=C\N)=NCC2(COC2)C1. The number of aliphatic imine (C=N–C) groups is 1. The van der Waals surface area contributed by atoms with Gasteiger partial charge in [0.25, 0.3) is 0 Å². The van der Waals surface area contributed by atoms with Crippen molar-refractivity contribution in [3.05, 3.63) is 12.3 Å². The Bertz CT molecular complexity index is 269. The van der Waals surface area contributed by atoms with Gasteiger partial charge in [0.1, 0.15) is 0 Å². The summed E-state index contributed by atoms with van der Waals surface area (Å²) in [7, 11) is 2.12. The molecule has 0 aromatic rings. The smallest absolute Gasteiger partial charge is 0.0575 e. The number of hydrogen-bond acceptors (Lipinski definition) is 4. The van der Waals surface area contributed by atoms with Crippen molar-refractivity contribution in [2.24, 2.45) is 16.1 Å². The van der Waals surface area contributed by atoms with Crippen LogP contribution in [0.1, 0.15) is 13.8 Å². The summed E-state index contributed by atoms with van der Waals surface area (Å²) in [4.78, 5) is 6.85. The van der Waals surface area contributed by atoms with Crippen molar-refractivity contribution in [1.29, 1.82) is 0 Å². The van der Waals surface area contributed by atoms with Crippen LogP contribution in [0.3, 0.4) is 0 Å². The summed E-state index contributed by atoms with van der Waals surface area (Å²) in [5.74, 6) is 0. The van der Waals surface area contributed by atoms with Gasteiger partial charge in [0, 0.05) is 18.5 Å². The number of nitrogens with zero attached hydrogens (tertiary/aromatic N) is 2. The minimum Gasteiger partial charge on any atom is -0.405 e. The van der Waals surface area contributed by atoms with E-state index in [4.69, 9.17) is 10.5 Å². The van der Waals surface area contributed by atoms with Gasteiger partial charge >= 0.3 is 0 Å². The van der Waals surface area contributed by atoms with Crippen LogP contribution in [0.25, 0.3) is 0 Å². The van der Waals surface area contributed by atoms with Gasteiger partial charge in [-0.3, -0.25) is 9.89 Å². The normalized spacial score (nSPS) is 24.3. The molecule has 2 N–H and O–H groups in total. The highest BCUT2D eigenvalue weighted by molar-refractivity contribution is 5.96. The van der Waals surface area contributed by atoms with E-state index in [0.29, 0.717) is 0 Å². The second kappa shape index (κ2) is 6.01. The predicted octanol–water partition coefficient (Wildman–Crippen LogP) is 0.888. The van der Waals surface area contributed by atoms with E-state index in [-0.39, 0.29) is 5.41 Å². The zero-order valence-corrected chi connectivity index (χ0v) is 10.6. The van der Waals surface area contributed by atoms with E-state index < -0.39 is 0 Å². The molecular formula is C12H23N3O. The van der Waals surface area contributed by atoms with Crippen molar-refractivity contribution in [2.45, 2.75) is 13.8 Å². The van der Waals surface area contributed by atoms with Crippen LogP contribution < -0.4 is 5.73 Å². The Labute approximate surface area is 98.2 Å². The highest BCUT2D eigenvalue weighted by Gasteiger charge is 2.40. The third-order valence-corrected chi connectivity index (χ3v) is 2.76. The minimum absolute atomic E-state index is 0.277. The van der Waals surface area contributed by atoms with Crippen molar-refractivity contribution in [3.63, 3.8) is 0 Å². The Kier molecular flexibility index (Phi) is 4.96. The summed E-state index contributed by atoms with van der Waals surface area (Å²) in [5.41, 5.74) is 6.71. The van der Waals surface area contributed by atoms with Gasteiger partial charge in [-0.05, 0) is 19.3 Å². The largest absolute Gasteiger partial charge is 0.405 e. The maximum atomic E-state index is 5.37. The highest BCUT2D eigenvalue weighted by atomic mass is 16.5. The molecule has 0 atom stereocenters. The molecule has 0 saturated carbocycles. The molecule has 2 aliphatic heterocycles. The van der Waals surface area contributed by atoms with Gasteiger partial charge in [0.2, 0.25) is 0 Å². The Balaban J connectivity index is 0.000000606. The molecule has 0 amide bonds. The van der Waals surface area contributed by atoms with E-state index in [1.807, 2.05) is 19.9 Å². The molecule has 4 heteroatoms. The zero-order valence-electron chi connectivity index (χ0n) is 10.6. The summed E-state index contributed by atoms with van der Waals surface area (Å²) in [6, 6.07) is 0.